The number of hydrogen-bond donors (Lipinski definition) is 1. The van der Waals surface area contributed by atoms with E-state index in [1.54, 1.807) is 0 Å². The predicted octanol–water partition coefficient (Wildman–Crippen LogP) is 2.81. The lowest BCUT2D eigenvalue weighted by molar-refractivity contribution is -0.145. The zero-order chi connectivity index (χ0) is 13.4. The Balaban J connectivity index is 2.35. The Labute approximate surface area is 113 Å². The van der Waals surface area contributed by atoms with Crippen molar-refractivity contribution in [2.24, 2.45) is 0 Å². The Kier molecular flexibility index (Phi) is 6.76. The fraction of sp³-hybridized carbons (Fsp3) is 0.500. The minimum Gasteiger partial charge on any atom is -0.465 e. The molecule has 0 aliphatic carbocycles. The van der Waals surface area contributed by atoms with Gasteiger partial charge in [0, 0.05) is 5.02 Å². The molecule has 0 bridgehead atoms. The second kappa shape index (κ2) is 8.11. The van der Waals surface area contributed by atoms with E-state index in [4.69, 9.17) is 16.3 Å². The summed E-state index contributed by atoms with van der Waals surface area (Å²) in [6.45, 7) is 4.96. The smallest absolute Gasteiger partial charge is 0.323 e. The molecule has 0 aliphatic rings. The molecule has 100 valence electrons. The van der Waals surface area contributed by atoms with Crippen LogP contribution in [0.2, 0.25) is 5.02 Å². The molecule has 0 radical (unpaired) electrons. The molecule has 18 heavy (non-hydrogen) atoms. The summed E-state index contributed by atoms with van der Waals surface area (Å²) >= 11 is 5.82. The van der Waals surface area contributed by atoms with Gasteiger partial charge in [-0.2, -0.15) is 0 Å². The number of ether oxygens (including phenoxy) is 1. The summed E-state index contributed by atoms with van der Waals surface area (Å²) in [5, 5.41) is 3.95. The second-order valence-electron chi connectivity index (χ2n) is 4.04. The van der Waals surface area contributed by atoms with Crippen LogP contribution in [-0.2, 0) is 16.0 Å². The molecule has 1 atom stereocenters. The summed E-state index contributed by atoms with van der Waals surface area (Å²) in [6.07, 6.45) is 1.60. The summed E-state index contributed by atoms with van der Waals surface area (Å²) in [5.41, 5.74) is 1.20. The number of carbonyl (C=O) groups excluding carboxylic acids is 1. The maximum Gasteiger partial charge on any atom is 0.323 e. The van der Waals surface area contributed by atoms with Crippen LogP contribution < -0.4 is 5.32 Å². The van der Waals surface area contributed by atoms with Crippen molar-refractivity contribution >= 4 is 17.6 Å². The highest BCUT2D eigenvalue weighted by Crippen LogP contribution is 2.09. The molecule has 0 aliphatic heterocycles. The molecule has 0 aromatic heterocycles. The van der Waals surface area contributed by atoms with Crippen LogP contribution in [0.3, 0.4) is 0 Å². The van der Waals surface area contributed by atoms with E-state index in [1.165, 1.54) is 5.56 Å². The van der Waals surface area contributed by atoms with Gasteiger partial charge < -0.3 is 10.1 Å². The van der Waals surface area contributed by atoms with Gasteiger partial charge in [-0.15, -0.1) is 0 Å². The van der Waals surface area contributed by atoms with Crippen LogP contribution >= 0.6 is 11.6 Å². The zero-order valence-electron chi connectivity index (χ0n) is 10.9. The summed E-state index contributed by atoms with van der Waals surface area (Å²) < 4.78 is 4.99. The van der Waals surface area contributed by atoms with Crippen molar-refractivity contribution in [3.8, 4) is 0 Å². The van der Waals surface area contributed by atoms with E-state index in [0.717, 1.165) is 24.4 Å². The van der Waals surface area contributed by atoms with Crippen LogP contribution in [0.5, 0.6) is 0 Å². The first-order valence-electron chi connectivity index (χ1n) is 6.31. The van der Waals surface area contributed by atoms with E-state index >= 15 is 0 Å². The van der Waals surface area contributed by atoms with Crippen LogP contribution in [0.1, 0.15) is 25.8 Å². The number of benzene rings is 1. The highest BCUT2D eigenvalue weighted by Gasteiger charge is 2.16. The number of esters is 1. The molecule has 0 amide bonds. The number of hydrogen-bond acceptors (Lipinski definition) is 3. The van der Waals surface area contributed by atoms with Gasteiger partial charge in [0.05, 0.1) is 6.61 Å². The lowest BCUT2D eigenvalue weighted by Gasteiger charge is -2.15. The third-order valence-electron chi connectivity index (χ3n) is 2.70. The summed E-state index contributed by atoms with van der Waals surface area (Å²) in [4.78, 5) is 11.6. The Bertz CT molecular complexity index is 365. The highest BCUT2D eigenvalue weighted by atomic mass is 35.5. The Morgan fingerprint density at radius 1 is 1.33 bits per heavy atom. The van der Waals surface area contributed by atoms with Crippen molar-refractivity contribution in [1.82, 2.24) is 5.32 Å². The van der Waals surface area contributed by atoms with Gasteiger partial charge >= 0.3 is 5.97 Å². The Morgan fingerprint density at radius 3 is 2.56 bits per heavy atom. The van der Waals surface area contributed by atoms with Gasteiger partial charge in [0.1, 0.15) is 6.04 Å². The van der Waals surface area contributed by atoms with Gasteiger partial charge in [-0.25, -0.2) is 0 Å². The molecule has 1 rings (SSSR count). The van der Waals surface area contributed by atoms with Gasteiger partial charge in [-0.1, -0.05) is 30.7 Å². The SMILES string of the molecule is CCOC(=O)C(CC)NCCc1ccc(Cl)cc1. The third kappa shape index (κ3) is 5.07. The van der Waals surface area contributed by atoms with Crippen LogP contribution in [0.25, 0.3) is 0 Å². The zero-order valence-corrected chi connectivity index (χ0v) is 11.7. The molecule has 1 N–H and O–H groups in total. The van der Waals surface area contributed by atoms with E-state index in [1.807, 2.05) is 38.1 Å². The van der Waals surface area contributed by atoms with Crippen LogP contribution in [-0.4, -0.2) is 25.2 Å². The van der Waals surface area contributed by atoms with Gasteiger partial charge in [0.25, 0.3) is 0 Å². The lowest BCUT2D eigenvalue weighted by Crippen LogP contribution is -2.38. The van der Waals surface area contributed by atoms with Crippen molar-refractivity contribution in [1.29, 1.82) is 0 Å². The molecule has 0 fully saturated rings. The maximum atomic E-state index is 11.6. The molecule has 0 spiro atoms. The van der Waals surface area contributed by atoms with Gasteiger partial charge in [-0.3, -0.25) is 4.79 Å². The molecule has 0 heterocycles. The third-order valence-corrected chi connectivity index (χ3v) is 2.95. The minimum absolute atomic E-state index is 0.170. The number of carbonyl (C=O) groups is 1. The molecule has 3 nitrogen and oxygen atoms in total. The topological polar surface area (TPSA) is 38.3 Å². The first-order valence-corrected chi connectivity index (χ1v) is 6.69. The first kappa shape index (κ1) is 15.0. The molecule has 4 heteroatoms. The molecular formula is C14H20ClNO2. The van der Waals surface area contributed by atoms with Crippen molar-refractivity contribution < 1.29 is 9.53 Å². The predicted molar refractivity (Wildman–Crippen MR) is 73.9 cm³/mol. The molecular weight excluding hydrogens is 250 g/mol. The van der Waals surface area contributed by atoms with Crippen molar-refractivity contribution in [3.05, 3.63) is 34.9 Å². The van der Waals surface area contributed by atoms with Gasteiger partial charge in [0.15, 0.2) is 0 Å². The molecule has 1 aromatic carbocycles. The Hall–Kier alpha value is -1.06. The molecule has 0 saturated carbocycles. The maximum absolute atomic E-state index is 11.6. The van der Waals surface area contributed by atoms with E-state index in [0.29, 0.717) is 6.61 Å². The van der Waals surface area contributed by atoms with E-state index in [9.17, 15) is 4.79 Å². The van der Waals surface area contributed by atoms with E-state index in [2.05, 4.69) is 5.32 Å². The monoisotopic (exact) mass is 269 g/mol. The minimum atomic E-state index is -0.211. The summed E-state index contributed by atoms with van der Waals surface area (Å²) in [7, 11) is 0. The van der Waals surface area contributed by atoms with E-state index < -0.39 is 0 Å². The fourth-order valence-electron chi connectivity index (χ4n) is 1.68. The number of nitrogens with one attached hydrogen (secondary N) is 1. The van der Waals surface area contributed by atoms with Crippen LogP contribution in [0, 0.1) is 0 Å². The average molecular weight is 270 g/mol. The lowest BCUT2D eigenvalue weighted by atomic mass is 10.1. The normalized spacial score (nSPS) is 12.2. The van der Waals surface area contributed by atoms with Crippen LogP contribution in [0.4, 0.5) is 0 Å². The quantitative estimate of drug-likeness (QED) is 0.774. The van der Waals surface area contributed by atoms with Crippen molar-refractivity contribution in [3.63, 3.8) is 0 Å². The van der Waals surface area contributed by atoms with Crippen molar-refractivity contribution in [2.45, 2.75) is 32.7 Å². The average Bonchev–Trinajstić information content (AvgIpc) is 2.37. The Morgan fingerprint density at radius 2 is 2.00 bits per heavy atom. The molecule has 0 saturated heterocycles. The fourth-order valence-corrected chi connectivity index (χ4v) is 1.80. The second-order valence-corrected chi connectivity index (χ2v) is 4.48. The highest BCUT2D eigenvalue weighted by molar-refractivity contribution is 6.30. The van der Waals surface area contributed by atoms with E-state index in [-0.39, 0.29) is 12.0 Å². The number of rotatable bonds is 7. The standard InChI is InChI=1S/C14H20ClNO2/c1-3-13(14(17)18-4-2)16-10-9-11-5-7-12(15)8-6-11/h5-8,13,16H,3-4,9-10H2,1-2H3. The number of halogens is 1. The van der Waals surface area contributed by atoms with Crippen LogP contribution in [0.15, 0.2) is 24.3 Å². The molecule has 1 unspecified atom stereocenters. The first-order chi connectivity index (χ1) is 8.67. The van der Waals surface area contributed by atoms with Crippen molar-refractivity contribution in [2.75, 3.05) is 13.2 Å². The van der Waals surface area contributed by atoms with Gasteiger partial charge in [0.2, 0.25) is 0 Å². The largest absolute Gasteiger partial charge is 0.465 e. The molecule has 1 aromatic rings. The van der Waals surface area contributed by atoms with Gasteiger partial charge in [-0.05, 0) is 44.0 Å². The summed E-state index contributed by atoms with van der Waals surface area (Å²) in [5.74, 6) is -0.170. The summed E-state index contributed by atoms with van der Waals surface area (Å²) in [6, 6.07) is 7.53.